The van der Waals surface area contributed by atoms with Gasteiger partial charge in [0.1, 0.15) is 0 Å². The number of carbonyl (C=O) groups excluding carboxylic acids is 1. The van der Waals surface area contributed by atoms with Gasteiger partial charge in [-0.15, -0.1) is 11.3 Å². The number of hydrogen-bond acceptors (Lipinski definition) is 5. The number of amides is 2. The predicted molar refractivity (Wildman–Crippen MR) is 109 cm³/mol. The second kappa shape index (κ2) is 8.54. The number of thiazole rings is 1. The van der Waals surface area contributed by atoms with E-state index in [4.69, 9.17) is 4.74 Å². The minimum absolute atomic E-state index is 0.0660. The molecule has 1 aliphatic heterocycles. The van der Waals surface area contributed by atoms with Gasteiger partial charge in [-0.25, -0.2) is 9.78 Å². The molecule has 27 heavy (non-hydrogen) atoms. The van der Waals surface area contributed by atoms with Gasteiger partial charge in [-0.2, -0.15) is 0 Å². The molecule has 6 nitrogen and oxygen atoms in total. The van der Waals surface area contributed by atoms with E-state index in [1.165, 1.54) is 25.7 Å². The maximum absolute atomic E-state index is 12.6. The van der Waals surface area contributed by atoms with Crippen LogP contribution in [0.3, 0.4) is 0 Å². The summed E-state index contributed by atoms with van der Waals surface area (Å²) in [6.07, 6.45) is 7.37. The second-order valence-electron chi connectivity index (χ2n) is 7.58. The normalized spacial score (nSPS) is 20.9. The van der Waals surface area contributed by atoms with Gasteiger partial charge in [0.2, 0.25) is 0 Å². The van der Waals surface area contributed by atoms with Crippen molar-refractivity contribution in [3.63, 3.8) is 0 Å². The van der Waals surface area contributed by atoms with Crippen LogP contribution < -0.4 is 10.6 Å². The Bertz CT molecular complexity index is 764. The summed E-state index contributed by atoms with van der Waals surface area (Å²) < 4.78 is 6.68. The standard InChI is InChI=1S/C20H28N4O2S/c25-19(23-16-5-6-18-17(13-16)22-15-27-18)21-14-20(7-3-1-2-4-8-20)24-9-11-26-12-10-24/h5-6,13,15H,1-4,7-12,14H2,(H2,21,23,25). The van der Waals surface area contributed by atoms with E-state index in [0.29, 0.717) is 6.54 Å². The molecular weight excluding hydrogens is 360 g/mol. The van der Waals surface area contributed by atoms with Gasteiger partial charge in [-0.05, 0) is 31.0 Å². The van der Waals surface area contributed by atoms with Gasteiger partial charge in [-0.3, -0.25) is 4.90 Å². The van der Waals surface area contributed by atoms with Gasteiger partial charge < -0.3 is 15.4 Å². The van der Waals surface area contributed by atoms with E-state index in [0.717, 1.165) is 55.0 Å². The summed E-state index contributed by atoms with van der Waals surface area (Å²) >= 11 is 1.61. The van der Waals surface area contributed by atoms with Crippen molar-refractivity contribution in [2.24, 2.45) is 0 Å². The van der Waals surface area contributed by atoms with Crippen LogP contribution in [-0.4, -0.2) is 54.3 Å². The zero-order valence-electron chi connectivity index (χ0n) is 15.7. The monoisotopic (exact) mass is 388 g/mol. The first-order chi connectivity index (χ1) is 13.3. The molecule has 0 bridgehead atoms. The molecule has 0 spiro atoms. The molecule has 1 aromatic carbocycles. The highest BCUT2D eigenvalue weighted by Gasteiger charge is 2.38. The minimum atomic E-state index is -0.138. The van der Waals surface area contributed by atoms with Gasteiger partial charge in [0.05, 0.1) is 28.9 Å². The smallest absolute Gasteiger partial charge is 0.319 e. The van der Waals surface area contributed by atoms with Crippen LogP contribution in [0.4, 0.5) is 10.5 Å². The highest BCUT2D eigenvalue weighted by atomic mass is 32.1. The Morgan fingerprint density at radius 2 is 1.96 bits per heavy atom. The number of nitrogens with zero attached hydrogens (tertiary/aromatic N) is 2. The summed E-state index contributed by atoms with van der Waals surface area (Å²) in [5.41, 5.74) is 3.60. The summed E-state index contributed by atoms with van der Waals surface area (Å²) in [7, 11) is 0. The molecule has 1 saturated carbocycles. The number of morpholine rings is 1. The number of urea groups is 1. The van der Waals surface area contributed by atoms with Gasteiger partial charge in [0.25, 0.3) is 0 Å². The first-order valence-corrected chi connectivity index (χ1v) is 10.8. The number of hydrogen-bond donors (Lipinski definition) is 2. The Hall–Kier alpha value is -1.70. The summed E-state index contributed by atoms with van der Waals surface area (Å²) in [5, 5.41) is 6.13. The van der Waals surface area contributed by atoms with Crippen molar-refractivity contribution in [3.05, 3.63) is 23.7 Å². The van der Waals surface area contributed by atoms with Gasteiger partial charge >= 0.3 is 6.03 Å². The number of aromatic nitrogens is 1. The quantitative estimate of drug-likeness (QED) is 0.781. The molecule has 2 heterocycles. The van der Waals surface area contributed by atoms with Crippen molar-refractivity contribution < 1.29 is 9.53 Å². The lowest BCUT2D eigenvalue weighted by Crippen LogP contribution is -2.59. The number of benzene rings is 1. The molecule has 0 unspecified atom stereocenters. The molecule has 2 aromatic rings. The number of rotatable bonds is 4. The maximum atomic E-state index is 12.6. The largest absolute Gasteiger partial charge is 0.379 e. The molecule has 2 N–H and O–H groups in total. The van der Waals surface area contributed by atoms with E-state index in [2.05, 4.69) is 20.5 Å². The van der Waals surface area contributed by atoms with Crippen molar-refractivity contribution in [2.75, 3.05) is 38.2 Å². The molecule has 1 aliphatic carbocycles. The molecule has 146 valence electrons. The minimum Gasteiger partial charge on any atom is -0.379 e. The molecule has 7 heteroatoms. The Balaban J connectivity index is 1.40. The lowest BCUT2D eigenvalue weighted by Gasteiger charge is -2.45. The zero-order chi connectivity index (χ0) is 18.5. The molecule has 2 fully saturated rings. The molecule has 1 aromatic heterocycles. The van der Waals surface area contributed by atoms with Crippen molar-refractivity contribution in [1.82, 2.24) is 15.2 Å². The summed E-state index contributed by atoms with van der Waals surface area (Å²) in [6, 6.07) is 5.72. The fourth-order valence-electron chi connectivity index (χ4n) is 4.38. The fraction of sp³-hybridized carbons (Fsp3) is 0.600. The van der Waals surface area contributed by atoms with Crippen LogP contribution >= 0.6 is 11.3 Å². The van der Waals surface area contributed by atoms with Crippen molar-refractivity contribution in [3.8, 4) is 0 Å². The molecular formula is C20H28N4O2S. The van der Waals surface area contributed by atoms with Crippen LogP contribution in [0.25, 0.3) is 10.2 Å². The van der Waals surface area contributed by atoms with Crippen LogP contribution in [0.5, 0.6) is 0 Å². The summed E-state index contributed by atoms with van der Waals surface area (Å²) in [4.78, 5) is 19.4. The molecule has 2 aliphatic rings. The fourth-order valence-corrected chi connectivity index (χ4v) is 5.04. The first kappa shape index (κ1) is 18.7. The molecule has 0 atom stereocenters. The van der Waals surface area contributed by atoms with E-state index in [9.17, 15) is 4.79 Å². The van der Waals surface area contributed by atoms with E-state index in [-0.39, 0.29) is 11.6 Å². The Labute approximate surface area is 164 Å². The highest BCUT2D eigenvalue weighted by Crippen LogP contribution is 2.33. The van der Waals surface area contributed by atoms with Gasteiger partial charge in [0, 0.05) is 30.9 Å². The SMILES string of the molecule is O=C(NCC1(N2CCOCC2)CCCCCC1)Nc1ccc2scnc2c1. The third kappa shape index (κ3) is 4.42. The van der Waals surface area contributed by atoms with Crippen LogP contribution in [0.15, 0.2) is 23.7 Å². The second-order valence-corrected chi connectivity index (χ2v) is 8.47. The number of ether oxygens (including phenoxy) is 1. The Morgan fingerprint density at radius 1 is 1.19 bits per heavy atom. The average molecular weight is 389 g/mol. The predicted octanol–water partition coefficient (Wildman–Crippen LogP) is 3.84. The third-order valence-electron chi connectivity index (χ3n) is 5.88. The lowest BCUT2D eigenvalue weighted by atomic mass is 9.87. The van der Waals surface area contributed by atoms with Crippen LogP contribution in [0.1, 0.15) is 38.5 Å². The van der Waals surface area contributed by atoms with E-state index in [1.807, 2.05) is 23.7 Å². The Morgan fingerprint density at radius 3 is 2.74 bits per heavy atom. The van der Waals surface area contributed by atoms with Gasteiger partial charge in [0.15, 0.2) is 0 Å². The van der Waals surface area contributed by atoms with Crippen molar-refractivity contribution in [1.29, 1.82) is 0 Å². The van der Waals surface area contributed by atoms with Crippen molar-refractivity contribution in [2.45, 2.75) is 44.1 Å². The number of anilines is 1. The van der Waals surface area contributed by atoms with Crippen LogP contribution in [0.2, 0.25) is 0 Å². The maximum Gasteiger partial charge on any atom is 0.319 e. The first-order valence-electron chi connectivity index (χ1n) is 9.96. The van der Waals surface area contributed by atoms with E-state index in [1.54, 1.807) is 11.3 Å². The molecule has 1 saturated heterocycles. The molecule has 2 amide bonds. The summed E-state index contributed by atoms with van der Waals surface area (Å²) in [6.45, 7) is 4.20. The van der Waals surface area contributed by atoms with Crippen molar-refractivity contribution >= 4 is 33.3 Å². The number of carbonyl (C=O) groups is 1. The zero-order valence-corrected chi connectivity index (χ0v) is 16.5. The lowest BCUT2D eigenvalue weighted by molar-refractivity contribution is -0.0275. The Kier molecular flexibility index (Phi) is 5.90. The van der Waals surface area contributed by atoms with Crippen LogP contribution in [0, 0.1) is 0 Å². The van der Waals surface area contributed by atoms with E-state index < -0.39 is 0 Å². The third-order valence-corrected chi connectivity index (χ3v) is 6.69. The van der Waals surface area contributed by atoms with Crippen LogP contribution in [-0.2, 0) is 4.74 Å². The van der Waals surface area contributed by atoms with E-state index >= 15 is 0 Å². The number of fused-ring (bicyclic) bond motifs is 1. The average Bonchev–Trinajstić information content (AvgIpc) is 3.03. The summed E-state index contributed by atoms with van der Waals surface area (Å²) in [5.74, 6) is 0. The topological polar surface area (TPSA) is 66.5 Å². The number of nitrogens with one attached hydrogen (secondary N) is 2. The van der Waals surface area contributed by atoms with Gasteiger partial charge in [-0.1, -0.05) is 25.7 Å². The molecule has 4 rings (SSSR count). The molecule has 0 radical (unpaired) electrons. The highest BCUT2D eigenvalue weighted by molar-refractivity contribution is 7.16.